The Morgan fingerprint density at radius 3 is 1.42 bits per heavy atom. The van der Waals surface area contributed by atoms with E-state index in [4.69, 9.17) is 9.97 Å². The van der Waals surface area contributed by atoms with Gasteiger partial charge in [0, 0.05) is 22.1 Å². The van der Waals surface area contributed by atoms with Gasteiger partial charge in [-0.15, -0.1) is 0 Å². The normalized spacial score (nSPS) is 13.8. The van der Waals surface area contributed by atoms with Crippen LogP contribution in [0.3, 0.4) is 0 Å². The number of hydrogen-bond donors (Lipinski definition) is 2. The van der Waals surface area contributed by atoms with Crippen LogP contribution in [0.15, 0.2) is 24.3 Å². The van der Waals surface area contributed by atoms with Gasteiger partial charge in [0.2, 0.25) is 0 Å². The van der Waals surface area contributed by atoms with E-state index in [2.05, 4.69) is 89.6 Å². The van der Waals surface area contributed by atoms with Crippen molar-refractivity contribution in [2.45, 2.75) is 81.1 Å². The first kappa shape index (κ1) is 24.3. The van der Waals surface area contributed by atoms with Crippen LogP contribution in [0.4, 0.5) is 0 Å². The van der Waals surface area contributed by atoms with Gasteiger partial charge >= 0.3 is 0 Å². The van der Waals surface area contributed by atoms with Crippen LogP contribution in [-0.4, -0.2) is 19.9 Å². The van der Waals surface area contributed by atoms with Crippen molar-refractivity contribution in [2.75, 3.05) is 0 Å². The first-order chi connectivity index (χ1) is 17.3. The van der Waals surface area contributed by atoms with E-state index in [9.17, 15) is 0 Å². The van der Waals surface area contributed by atoms with Gasteiger partial charge in [-0.05, 0) is 122 Å². The summed E-state index contributed by atoms with van der Waals surface area (Å²) in [4.78, 5) is 17.7. The first-order valence-corrected chi connectivity index (χ1v) is 13.4. The van der Waals surface area contributed by atoms with Crippen LogP contribution in [0.5, 0.6) is 0 Å². The molecule has 0 spiro atoms. The lowest BCUT2D eigenvalue weighted by atomic mass is 10.0. The molecule has 0 fully saturated rings. The quantitative estimate of drug-likeness (QED) is 0.394. The van der Waals surface area contributed by atoms with Gasteiger partial charge in [0.15, 0.2) is 0 Å². The summed E-state index contributed by atoms with van der Waals surface area (Å²) in [6.45, 7) is 17.8. The number of aromatic amines is 2. The minimum atomic E-state index is 0.950. The molecule has 0 saturated heterocycles. The number of allylic oxidation sites excluding steroid dienone is 4. The zero-order valence-electron chi connectivity index (χ0n) is 23.0. The summed E-state index contributed by atoms with van der Waals surface area (Å²) in [5.41, 5.74) is 19.3. The maximum absolute atomic E-state index is 5.13. The molecule has 0 unspecified atom stereocenters. The number of rotatable bonds is 4. The number of aryl methyl sites for hydroxylation is 4. The third kappa shape index (κ3) is 3.75. The zero-order chi connectivity index (χ0) is 25.7. The summed E-state index contributed by atoms with van der Waals surface area (Å²) in [5, 5.41) is 0. The molecule has 3 aromatic rings. The highest BCUT2D eigenvalue weighted by atomic mass is 14.8. The fourth-order valence-electron chi connectivity index (χ4n) is 6.02. The highest BCUT2D eigenvalue weighted by Crippen LogP contribution is 2.36. The Balaban J connectivity index is 2.00. The molecule has 4 heteroatoms. The second-order valence-electron chi connectivity index (χ2n) is 10.1. The van der Waals surface area contributed by atoms with Crippen molar-refractivity contribution in [3.8, 4) is 0 Å². The third-order valence-electron chi connectivity index (χ3n) is 8.21. The Kier molecular flexibility index (Phi) is 6.23. The summed E-state index contributed by atoms with van der Waals surface area (Å²) in [5.74, 6) is 0. The molecule has 4 nitrogen and oxygen atoms in total. The molecule has 0 amide bonds. The Labute approximate surface area is 214 Å². The molecule has 186 valence electrons. The van der Waals surface area contributed by atoms with Gasteiger partial charge in [0.05, 0.1) is 22.8 Å². The van der Waals surface area contributed by atoms with Crippen molar-refractivity contribution in [1.29, 1.82) is 0 Å². The minimum Gasteiger partial charge on any atom is -0.355 e. The number of aromatic nitrogens is 4. The van der Waals surface area contributed by atoms with Gasteiger partial charge in [0.1, 0.15) is 0 Å². The molecule has 2 aliphatic heterocycles. The van der Waals surface area contributed by atoms with Gasteiger partial charge < -0.3 is 9.97 Å². The molecule has 36 heavy (non-hydrogen) atoms. The number of fused-ring (bicyclic) bond motifs is 8. The smallest absolute Gasteiger partial charge is 0.0693 e. The molecule has 5 heterocycles. The van der Waals surface area contributed by atoms with Crippen molar-refractivity contribution in [3.05, 3.63) is 69.3 Å². The van der Waals surface area contributed by atoms with Crippen molar-refractivity contribution >= 4 is 44.4 Å². The van der Waals surface area contributed by atoms with E-state index < -0.39 is 0 Å². The Hall–Kier alpha value is -3.40. The molecule has 0 aromatic carbocycles. The summed E-state index contributed by atoms with van der Waals surface area (Å²) < 4.78 is 0. The predicted octanol–water partition coefficient (Wildman–Crippen LogP) is 8.74. The van der Waals surface area contributed by atoms with Gasteiger partial charge in [-0.1, -0.05) is 27.7 Å². The molecule has 8 bridgehead atoms. The number of nitrogens with one attached hydrogen (secondary N) is 2. The molecule has 0 atom stereocenters. The SMILES string of the molecule is CCC1=C(C)c2cc3[nH]c(cc4[nH]c(cc5nc(cc1n2)C(C)=C5CC)c(C)c4CC)c(C)c3CC. The molecule has 2 aliphatic rings. The minimum absolute atomic E-state index is 0.950. The van der Waals surface area contributed by atoms with Crippen LogP contribution in [0, 0.1) is 13.8 Å². The van der Waals surface area contributed by atoms with E-state index in [1.807, 2.05) is 0 Å². The third-order valence-corrected chi connectivity index (χ3v) is 8.21. The van der Waals surface area contributed by atoms with Crippen LogP contribution in [-0.2, 0) is 12.8 Å². The molecule has 0 radical (unpaired) electrons. The predicted molar refractivity (Wildman–Crippen MR) is 155 cm³/mol. The molecule has 5 rings (SSSR count). The maximum Gasteiger partial charge on any atom is 0.0693 e. The summed E-state index contributed by atoms with van der Waals surface area (Å²) in [6.07, 6.45) is 3.86. The standard InChI is InChI=1S/C32H38N4/c1-9-21-17(5)25-14-30-23(11-3)19(7)27(35-30)16-32-24(12-4)20(8)28(36-32)15-31-22(10-2)18(6)26(34-31)13-29(21)33-25/h13-16,33-34H,9-12H2,1-8H3. The van der Waals surface area contributed by atoms with Crippen molar-refractivity contribution < 1.29 is 0 Å². The average molecular weight is 479 g/mol. The monoisotopic (exact) mass is 478 g/mol. The van der Waals surface area contributed by atoms with E-state index in [0.717, 1.165) is 59.5 Å². The van der Waals surface area contributed by atoms with E-state index in [-0.39, 0.29) is 0 Å². The topological polar surface area (TPSA) is 57.4 Å². The molecule has 0 saturated carbocycles. The number of H-pyrrole nitrogens is 2. The van der Waals surface area contributed by atoms with E-state index in [1.165, 1.54) is 55.6 Å². The van der Waals surface area contributed by atoms with Crippen molar-refractivity contribution in [1.82, 2.24) is 19.9 Å². The van der Waals surface area contributed by atoms with E-state index in [0.29, 0.717) is 0 Å². The Bertz CT molecular complexity index is 1600. The Morgan fingerprint density at radius 2 is 0.917 bits per heavy atom. The van der Waals surface area contributed by atoms with Gasteiger partial charge in [-0.2, -0.15) is 0 Å². The zero-order valence-corrected chi connectivity index (χ0v) is 23.0. The van der Waals surface area contributed by atoms with Crippen molar-refractivity contribution in [3.63, 3.8) is 0 Å². The second kappa shape index (κ2) is 9.24. The van der Waals surface area contributed by atoms with Crippen LogP contribution >= 0.6 is 0 Å². The highest BCUT2D eigenvalue weighted by molar-refractivity contribution is 5.95. The lowest BCUT2D eigenvalue weighted by molar-refractivity contribution is 1.14. The largest absolute Gasteiger partial charge is 0.355 e. The first-order valence-electron chi connectivity index (χ1n) is 13.4. The van der Waals surface area contributed by atoms with Gasteiger partial charge in [-0.3, -0.25) is 0 Å². The van der Waals surface area contributed by atoms with Crippen molar-refractivity contribution in [2.24, 2.45) is 0 Å². The Morgan fingerprint density at radius 1 is 0.500 bits per heavy atom. The summed E-state index contributed by atoms with van der Waals surface area (Å²) in [6, 6.07) is 8.98. The molecular weight excluding hydrogens is 440 g/mol. The van der Waals surface area contributed by atoms with Crippen LogP contribution in [0.2, 0.25) is 0 Å². The highest BCUT2D eigenvalue weighted by Gasteiger charge is 2.20. The molecule has 2 N–H and O–H groups in total. The number of nitrogens with zero attached hydrogens (tertiary/aromatic N) is 2. The lowest BCUT2D eigenvalue weighted by Gasteiger charge is -2.01. The van der Waals surface area contributed by atoms with Gasteiger partial charge in [-0.25, -0.2) is 9.97 Å². The molecule has 0 aliphatic carbocycles. The second-order valence-corrected chi connectivity index (χ2v) is 10.1. The number of hydrogen-bond acceptors (Lipinski definition) is 2. The van der Waals surface area contributed by atoms with E-state index in [1.54, 1.807) is 0 Å². The fraction of sp³-hybridized carbons (Fsp3) is 0.375. The average Bonchev–Trinajstić information content (AvgIpc) is 3.51. The van der Waals surface area contributed by atoms with Crippen LogP contribution < -0.4 is 0 Å². The lowest BCUT2D eigenvalue weighted by Crippen LogP contribution is -1.84. The summed E-state index contributed by atoms with van der Waals surface area (Å²) in [7, 11) is 0. The van der Waals surface area contributed by atoms with Gasteiger partial charge in [0.25, 0.3) is 0 Å². The molecule has 3 aromatic heterocycles. The summed E-state index contributed by atoms with van der Waals surface area (Å²) >= 11 is 0. The van der Waals surface area contributed by atoms with Crippen LogP contribution in [0.1, 0.15) is 99.4 Å². The fourth-order valence-corrected chi connectivity index (χ4v) is 6.02. The van der Waals surface area contributed by atoms with E-state index >= 15 is 0 Å². The maximum atomic E-state index is 5.13. The van der Waals surface area contributed by atoms with Crippen LogP contribution in [0.25, 0.3) is 44.4 Å². The molecular formula is C32H38N4.